The SMILES string of the molecule is CCOC(=O)CCN(CCCOC)C(=O)C(F)(F)F. The molecule has 0 N–H and O–H groups in total. The number of methoxy groups -OCH3 is 1. The molecule has 0 bridgehead atoms. The molecular formula is C11H18F3NO4. The summed E-state index contributed by atoms with van der Waals surface area (Å²) in [6.07, 6.45) is -4.94. The zero-order valence-corrected chi connectivity index (χ0v) is 11.0. The first-order valence-electron chi connectivity index (χ1n) is 5.83. The molecule has 0 saturated carbocycles. The highest BCUT2D eigenvalue weighted by atomic mass is 19.4. The molecule has 0 aromatic carbocycles. The molecule has 0 aromatic rings. The number of ether oxygens (including phenoxy) is 2. The van der Waals surface area contributed by atoms with Gasteiger partial charge in [-0.2, -0.15) is 13.2 Å². The third-order valence-corrected chi connectivity index (χ3v) is 2.20. The molecular weight excluding hydrogens is 267 g/mol. The van der Waals surface area contributed by atoms with Gasteiger partial charge in [-0.3, -0.25) is 9.59 Å². The van der Waals surface area contributed by atoms with E-state index in [2.05, 4.69) is 4.74 Å². The van der Waals surface area contributed by atoms with Gasteiger partial charge in [0.25, 0.3) is 0 Å². The van der Waals surface area contributed by atoms with Crippen LogP contribution in [0.15, 0.2) is 0 Å². The Kier molecular flexibility index (Phi) is 8.13. The molecule has 0 unspecified atom stereocenters. The van der Waals surface area contributed by atoms with Crippen molar-refractivity contribution in [1.29, 1.82) is 0 Å². The summed E-state index contributed by atoms with van der Waals surface area (Å²) < 4.78 is 46.3. The molecule has 0 radical (unpaired) electrons. The summed E-state index contributed by atoms with van der Waals surface area (Å²) in [5.41, 5.74) is 0. The molecule has 0 spiro atoms. The number of rotatable bonds is 8. The average molecular weight is 285 g/mol. The number of alkyl halides is 3. The summed E-state index contributed by atoms with van der Waals surface area (Å²) in [6, 6.07) is 0. The summed E-state index contributed by atoms with van der Waals surface area (Å²) in [6.45, 7) is 1.54. The minimum atomic E-state index is -4.94. The van der Waals surface area contributed by atoms with Crippen LogP contribution in [-0.2, 0) is 19.1 Å². The molecule has 1 amide bonds. The number of hydrogen-bond donors (Lipinski definition) is 0. The summed E-state index contributed by atoms with van der Waals surface area (Å²) in [4.78, 5) is 22.8. The highest BCUT2D eigenvalue weighted by Gasteiger charge is 2.42. The number of hydrogen-bond acceptors (Lipinski definition) is 4. The van der Waals surface area contributed by atoms with Gasteiger partial charge in [0.05, 0.1) is 13.0 Å². The number of esters is 1. The van der Waals surface area contributed by atoms with Crippen molar-refractivity contribution in [3.63, 3.8) is 0 Å². The van der Waals surface area contributed by atoms with Crippen LogP contribution in [0.2, 0.25) is 0 Å². The van der Waals surface area contributed by atoms with Crippen molar-refractivity contribution in [3.05, 3.63) is 0 Å². The molecule has 8 heteroatoms. The molecule has 112 valence electrons. The molecule has 0 aliphatic rings. The minimum absolute atomic E-state index is 0.119. The Morgan fingerprint density at radius 1 is 1.21 bits per heavy atom. The van der Waals surface area contributed by atoms with E-state index >= 15 is 0 Å². The third-order valence-electron chi connectivity index (χ3n) is 2.20. The van der Waals surface area contributed by atoms with E-state index in [4.69, 9.17) is 4.74 Å². The van der Waals surface area contributed by atoms with Crippen LogP contribution in [0.3, 0.4) is 0 Å². The smallest absolute Gasteiger partial charge is 0.466 e. The number of halogens is 3. The van der Waals surface area contributed by atoms with Gasteiger partial charge in [0, 0.05) is 26.8 Å². The Balaban J connectivity index is 4.41. The van der Waals surface area contributed by atoms with Gasteiger partial charge in [0.1, 0.15) is 0 Å². The van der Waals surface area contributed by atoms with E-state index in [1.807, 2.05) is 0 Å². The fourth-order valence-electron chi connectivity index (χ4n) is 1.35. The standard InChI is InChI=1S/C11H18F3NO4/c1-3-19-9(16)5-7-15(6-4-8-18-2)10(17)11(12,13)14/h3-8H2,1-2H3. The fourth-order valence-corrected chi connectivity index (χ4v) is 1.35. The Morgan fingerprint density at radius 2 is 1.84 bits per heavy atom. The summed E-state index contributed by atoms with van der Waals surface area (Å²) >= 11 is 0. The maximum absolute atomic E-state index is 12.3. The van der Waals surface area contributed by atoms with Crippen molar-refractivity contribution in [2.75, 3.05) is 33.4 Å². The van der Waals surface area contributed by atoms with Crippen molar-refractivity contribution >= 4 is 11.9 Å². The third kappa shape index (κ3) is 7.66. The molecule has 0 heterocycles. The predicted molar refractivity (Wildman–Crippen MR) is 60.4 cm³/mol. The fraction of sp³-hybridized carbons (Fsp3) is 0.818. The Hall–Kier alpha value is -1.31. The normalized spacial score (nSPS) is 11.2. The minimum Gasteiger partial charge on any atom is -0.466 e. The van der Waals surface area contributed by atoms with E-state index in [1.54, 1.807) is 6.92 Å². The average Bonchev–Trinajstić information content (AvgIpc) is 2.32. The Morgan fingerprint density at radius 3 is 2.32 bits per heavy atom. The molecule has 5 nitrogen and oxygen atoms in total. The van der Waals surface area contributed by atoms with E-state index in [0.717, 1.165) is 0 Å². The largest absolute Gasteiger partial charge is 0.471 e. The number of nitrogens with zero attached hydrogens (tertiary/aromatic N) is 1. The van der Waals surface area contributed by atoms with Crippen LogP contribution in [0.5, 0.6) is 0 Å². The highest BCUT2D eigenvalue weighted by Crippen LogP contribution is 2.18. The van der Waals surface area contributed by atoms with Gasteiger partial charge in [-0.05, 0) is 13.3 Å². The summed E-state index contributed by atoms with van der Waals surface area (Å²) in [5, 5.41) is 0. The van der Waals surface area contributed by atoms with Crippen molar-refractivity contribution in [2.45, 2.75) is 25.9 Å². The van der Waals surface area contributed by atoms with Crippen LogP contribution >= 0.6 is 0 Å². The molecule has 0 saturated heterocycles. The zero-order valence-electron chi connectivity index (χ0n) is 11.0. The second kappa shape index (κ2) is 8.73. The van der Waals surface area contributed by atoms with Gasteiger partial charge in [-0.15, -0.1) is 0 Å². The lowest BCUT2D eigenvalue weighted by Crippen LogP contribution is -2.43. The summed E-state index contributed by atoms with van der Waals surface area (Å²) in [5.74, 6) is -2.58. The molecule has 0 fully saturated rings. The zero-order chi connectivity index (χ0) is 14.9. The number of carbonyl (C=O) groups is 2. The molecule has 0 atom stereocenters. The first kappa shape index (κ1) is 17.7. The monoisotopic (exact) mass is 285 g/mol. The second-order valence-corrected chi connectivity index (χ2v) is 3.69. The first-order chi connectivity index (χ1) is 8.82. The lowest BCUT2D eigenvalue weighted by Gasteiger charge is -2.23. The van der Waals surface area contributed by atoms with Gasteiger partial charge in [0.2, 0.25) is 0 Å². The predicted octanol–water partition coefficient (Wildman–Crippen LogP) is 1.37. The van der Waals surface area contributed by atoms with Crippen LogP contribution in [-0.4, -0.2) is 56.4 Å². The van der Waals surface area contributed by atoms with Crippen LogP contribution in [0.4, 0.5) is 13.2 Å². The van der Waals surface area contributed by atoms with Crippen LogP contribution in [0.25, 0.3) is 0 Å². The summed E-state index contributed by atoms with van der Waals surface area (Å²) in [7, 11) is 1.41. The van der Waals surface area contributed by atoms with Gasteiger partial charge in [-0.1, -0.05) is 0 Å². The number of carbonyl (C=O) groups excluding carboxylic acids is 2. The molecule has 19 heavy (non-hydrogen) atoms. The van der Waals surface area contributed by atoms with Gasteiger partial charge < -0.3 is 14.4 Å². The molecule has 0 aliphatic carbocycles. The van der Waals surface area contributed by atoms with Crippen LogP contribution in [0.1, 0.15) is 19.8 Å². The van der Waals surface area contributed by atoms with Gasteiger partial charge in [0.15, 0.2) is 0 Å². The molecule has 0 aliphatic heterocycles. The van der Waals surface area contributed by atoms with E-state index < -0.39 is 18.1 Å². The molecule has 0 aromatic heterocycles. The van der Waals surface area contributed by atoms with Crippen molar-refractivity contribution < 1.29 is 32.2 Å². The van der Waals surface area contributed by atoms with Crippen molar-refractivity contribution in [2.24, 2.45) is 0 Å². The Bertz CT molecular complexity index is 294. The Labute approximate surface area is 109 Å². The highest BCUT2D eigenvalue weighted by molar-refractivity contribution is 5.82. The van der Waals surface area contributed by atoms with Crippen LogP contribution < -0.4 is 0 Å². The number of amides is 1. The maximum Gasteiger partial charge on any atom is 0.471 e. The van der Waals surface area contributed by atoms with Crippen molar-refractivity contribution in [3.8, 4) is 0 Å². The molecule has 0 rings (SSSR count). The van der Waals surface area contributed by atoms with E-state index in [1.165, 1.54) is 7.11 Å². The van der Waals surface area contributed by atoms with E-state index in [9.17, 15) is 22.8 Å². The van der Waals surface area contributed by atoms with Gasteiger partial charge >= 0.3 is 18.1 Å². The second-order valence-electron chi connectivity index (χ2n) is 3.69. The van der Waals surface area contributed by atoms with Crippen molar-refractivity contribution in [1.82, 2.24) is 4.90 Å². The maximum atomic E-state index is 12.3. The quantitative estimate of drug-likeness (QED) is 0.499. The van der Waals surface area contributed by atoms with Crippen LogP contribution in [0, 0.1) is 0 Å². The van der Waals surface area contributed by atoms with E-state index in [0.29, 0.717) is 4.90 Å². The van der Waals surface area contributed by atoms with E-state index in [-0.39, 0.29) is 39.1 Å². The lowest BCUT2D eigenvalue weighted by atomic mass is 10.3. The topological polar surface area (TPSA) is 55.8 Å². The first-order valence-corrected chi connectivity index (χ1v) is 5.83. The van der Waals surface area contributed by atoms with Gasteiger partial charge in [-0.25, -0.2) is 0 Å². The lowest BCUT2D eigenvalue weighted by molar-refractivity contribution is -0.186.